The zero-order chi connectivity index (χ0) is 23.5. The van der Waals surface area contributed by atoms with E-state index in [0.29, 0.717) is 22.9 Å². The number of nitrogens with one attached hydrogen (secondary N) is 3. The van der Waals surface area contributed by atoms with Gasteiger partial charge in [0.2, 0.25) is 0 Å². The molecular formula is C21H25ClN6O4S. The van der Waals surface area contributed by atoms with Crippen LogP contribution in [0.5, 0.6) is 0 Å². The molecule has 10 nitrogen and oxygen atoms in total. The summed E-state index contributed by atoms with van der Waals surface area (Å²) < 4.78 is 0. The number of likely N-dealkylation sites (N-methyl/N-ethyl adjacent to an activating group) is 1. The lowest BCUT2D eigenvalue weighted by Crippen LogP contribution is -2.51. The molecule has 0 bridgehead atoms. The van der Waals surface area contributed by atoms with Crippen molar-refractivity contribution in [2.24, 2.45) is 5.92 Å². The van der Waals surface area contributed by atoms with Gasteiger partial charge < -0.3 is 26.0 Å². The van der Waals surface area contributed by atoms with E-state index in [9.17, 15) is 19.5 Å². The quantitative estimate of drug-likeness (QED) is 0.453. The topological polar surface area (TPSA) is 137 Å². The number of anilines is 1. The van der Waals surface area contributed by atoms with E-state index in [1.807, 2.05) is 7.05 Å². The van der Waals surface area contributed by atoms with Crippen LogP contribution in [0, 0.1) is 5.92 Å². The molecule has 33 heavy (non-hydrogen) atoms. The van der Waals surface area contributed by atoms with Gasteiger partial charge in [0.25, 0.3) is 5.91 Å². The molecule has 3 atom stereocenters. The van der Waals surface area contributed by atoms with Gasteiger partial charge in [-0.2, -0.15) is 0 Å². The molecule has 4 N–H and O–H groups in total. The number of halogens is 1. The number of thiazole rings is 1. The second-order valence-electron chi connectivity index (χ2n) is 8.37. The number of amides is 3. The van der Waals surface area contributed by atoms with Gasteiger partial charge in [-0.1, -0.05) is 11.6 Å². The van der Waals surface area contributed by atoms with E-state index in [0.717, 1.165) is 30.1 Å². The van der Waals surface area contributed by atoms with Gasteiger partial charge in [-0.05, 0) is 37.9 Å². The number of hydrogen-bond donors (Lipinski definition) is 4. The number of carbonyl (C=O) groups is 3. The van der Waals surface area contributed by atoms with Gasteiger partial charge in [-0.25, -0.2) is 9.97 Å². The van der Waals surface area contributed by atoms with Crippen molar-refractivity contribution in [1.29, 1.82) is 0 Å². The van der Waals surface area contributed by atoms with E-state index in [-0.39, 0.29) is 24.2 Å². The number of fused-ring (bicyclic) bond motifs is 1. The number of aliphatic hydroxyl groups excluding tert-OH is 1. The second kappa shape index (κ2) is 10.1. The first-order valence-corrected chi connectivity index (χ1v) is 11.8. The fraction of sp³-hybridized carbons (Fsp3) is 0.476. The van der Waals surface area contributed by atoms with Gasteiger partial charge in [-0.15, -0.1) is 11.3 Å². The fourth-order valence-electron chi connectivity index (χ4n) is 4.12. The van der Waals surface area contributed by atoms with Crippen LogP contribution < -0.4 is 16.0 Å². The lowest BCUT2D eigenvalue weighted by atomic mass is 10.1. The Hall–Kier alpha value is -2.60. The highest BCUT2D eigenvalue weighted by Gasteiger charge is 2.37. The molecule has 1 saturated carbocycles. The van der Waals surface area contributed by atoms with Gasteiger partial charge >= 0.3 is 11.8 Å². The number of aromatic nitrogens is 2. The van der Waals surface area contributed by atoms with Crippen molar-refractivity contribution >= 4 is 46.5 Å². The predicted molar refractivity (Wildman–Crippen MR) is 123 cm³/mol. The molecule has 12 heteroatoms. The summed E-state index contributed by atoms with van der Waals surface area (Å²) in [5.41, 5.74) is 0.959. The third-order valence-electron chi connectivity index (χ3n) is 5.84. The molecule has 0 unspecified atom stereocenters. The van der Waals surface area contributed by atoms with Crippen molar-refractivity contribution in [3.8, 4) is 0 Å². The van der Waals surface area contributed by atoms with Gasteiger partial charge in [-0.3, -0.25) is 14.4 Å². The van der Waals surface area contributed by atoms with Crippen molar-refractivity contribution in [3.63, 3.8) is 0 Å². The first-order chi connectivity index (χ1) is 15.8. The molecule has 0 saturated heterocycles. The van der Waals surface area contributed by atoms with Crippen molar-refractivity contribution in [1.82, 2.24) is 25.5 Å². The maximum atomic E-state index is 12.9. The van der Waals surface area contributed by atoms with Gasteiger partial charge in [0.1, 0.15) is 5.82 Å². The summed E-state index contributed by atoms with van der Waals surface area (Å²) in [7, 11) is 2.03. The number of aliphatic hydroxyl groups is 1. The Morgan fingerprint density at radius 2 is 1.97 bits per heavy atom. The molecule has 2 aromatic heterocycles. The molecule has 3 amide bonds. The normalized spacial score (nSPS) is 22.5. The molecular weight excluding hydrogens is 468 g/mol. The van der Waals surface area contributed by atoms with E-state index in [2.05, 4.69) is 30.8 Å². The van der Waals surface area contributed by atoms with E-state index in [4.69, 9.17) is 11.6 Å². The van der Waals surface area contributed by atoms with Crippen LogP contribution in [0.1, 0.15) is 33.2 Å². The van der Waals surface area contributed by atoms with Crippen LogP contribution in [0.15, 0.2) is 18.3 Å². The number of pyridine rings is 1. The highest BCUT2D eigenvalue weighted by Crippen LogP contribution is 2.28. The van der Waals surface area contributed by atoms with Crippen LogP contribution in [0.25, 0.3) is 0 Å². The molecule has 1 aliphatic carbocycles. The summed E-state index contributed by atoms with van der Waals surface area (Å²) in [5, 5.41) is 18.4. The highest BCUT2D eigenvalue weighted by atomic mass is 35.5. The van der Waals surface area contributed by atoms with E-state index < -0.39 is 23.9 Å². The molecule has 2 aromatic rings. The Morgan fingerprint density at radius 1 is 1.21 bits per heavy atom. The summed E-state index contributed by atoms with van der Waals surface area (Å²) in [6.45, 7) is 1.60. The summed E-state index contributed by atoms with van der Waals surface area (Å²) in [6.07, 6.45) is 3.10. The minimum atomic E-state index is -0.876. The lowest BCUT2D eigenvalue weighted by molar-refractivity contribution is -0.136. The maximum absolute atomic E-state index is 12.9. The zero-order valence-corrected chi connectivity index (χ0v) is 19.6. The molecule has 176 valence electrons. The Morgan fingerprint density at radius 3 is 2.67 bits per heavy atom. The lowest BCUT2D eigenvalue weighted by Gasteiger charge is -2.21. The van der Waals surface area contributed by atoms with Gasteiger partial charge in [0.15, 0.2) is 5.01 Å². The third-order valence-corrected chi connectivity index (χ3v) is 7.15. The molecule has 3 heterocycles. The van der Waals surface area contributed by atoms with Crippen molar-refractivity contribution < 1.29 is 19.5 Å². The summed E-state index contributed by atoms with van der Waals surface area (Å²) in [6, 6.07) is 2.11. The molecule has 1 aliphatic heterocycles. The Labute approximate surface area is 199 Å². The molecule has 1 fully saturated rings. The van der Waals surface area contributed by atoms with Crippen molar-refractivity contribution in [2.45, 2.75) is 37.9 Å². The number of hydrogen-bond acceptors (Lipinski definition) is 8. The predicted octanol–water partition coefficient (Wildman–Crippen LogP) is 0.804. The third kappa shape index (κ3) is 5.67. The van der Waals surface area contributed by atoms with Crippen LogP contribution in [0.3, 0.4) is 0 Å². The molecule has 4 rings (SSSR count). The number of nitrogens with zero attached hydrogens (tertiary/aromatic N) is 3. The Balaban J connectivity index is 1.38. The monoisotopic (exact) mass is 492 g/mol. The molecule has 2 aliphatic rings. The average molecular weight is 493 g/mol. The van der Waals surface area contributed by atoms with E-state index in [1.54, 1.807) is 6.07 Å². The summed E-state index contributed by atoms with van der Waals surface area (Å²) in [4.78, 5) is 49.3. The van der Waals surface area contributed by atoms with E-state index in [1.165, 1.54) is 23.6 Å². The maximum Gasteiger partial charge on any atom is 0.314 e. The first-order valence-electron chi connectivity index (χ1n) is 10.6. The number of carbonyl (C=O) groups excluding carboxylic acids is 3. The summed E-state index contributed by atoms with van der Waals surface area (Å²) >= 11 is 7.15. The largest absolute Gasteiger partial charge is 0.396 e. The first kappa shape index (κ1) is 23.6. The van der Waals surface area contributed by atoms with Crippen LogP contribution in [-0.4, -0.2) is 70.0 Å². The minimum Gasteiger partial charge on any atom is -0.396 e. The standard InChI is InChI=1S/C21H25ClN6O4S/c1-28-5-4-13-16(9-28)33-21(26-13)20(32)25-15-7-11(10-29)6-14(15)24-18(30)19(31)27-17-3-2-12(22)8-23-17/h2-3,8,11,14-15,29H,4-7,9-10H2,1H3,(H,24,30)(H,25,32)(H,23,27,31)/t11-,14-,15-/m1/s1. The van der Waals surface area contributed by atoms with Crippen LogP contribution in [0.2, 0.25) is 5.02 Å². The highest BCUT2D eigenvalue weighted by molar-refractivity contribution is 7.13. The van der Waals surface area contributed by atoms with Crippen molar-refractivity contribution in [2.75, 3.05) is 25.5 Å². The van der Waals surface area contributed by atoms with Crippen molar-refractivity contribution in [3.05, 3.63) is 38.9 Å². The zero-order valence-electron chi connectivity index (χ0n) is 18.0. The van der Waals surface area contributed by atoms with Crippen LogP contribution >= 0.6 is 22.9 Å². The second-order valence-corrected chi connectivity index (χ2v) is 9.89. The minimum absolute atomic E-state index is 0.0719. The van der Waals surface area contributed by atoms with Crippen LogP contribution in [0.4, 0.5) is 5.82 Å². The van der Waals surface area contributed by atoms with E-state index >= 15 is 0 Å². The fourth-order valence-corrected chi connectivity index (χ4v) is 5.32. The molecule has 0 radical (unpaired) electrons. The SMILES string of the molecule is CN1CCc2nc(C(=O)N[C@@H]3C[C@H](CO)C[C@H]3NC(=O)C(=O)Nc3ccc(Cl)cn3)sc2C1. The average Bonchev–Trinajstić information content (AvgIpc) is 3.38. The number of rotatable bonds is 5. The summed E-state index contributed by atoms with van der Waals surface area (Å²) in [5.74, 6) is -1.93. The molecule has 0 spiro atoms. The van der Waals surface area contributed by atoms with Crippen LogP contribution in [-0.2, 0) is 22.6 Å². The smallest absolute Gasteiger partial charge is 0.314 e. The Bertz CT molecular complexity index is 1050. The molecule has 0 aromatic carbocycles. The van der Waals surface area contributed by atoms with Gasteiger partial charge in [0.05, 0.1) is 10.7 Å². The van der Waals surface area contributed by atoms with Gasteiger partial charge in [0, 0.05) is 49.3 Å². The Kier molecular flexibility index (Phi) is 7.23.